The number of fused-ring (bicyclic) bond motifs is 5. The minimum Gasteiger partial charge on any atom is -0.316 e. The summed E-state index contributed by atoms with van der Waals surface area (Å²) in [5.74, 6) is -0.913. The molecule has 4 nitrogen and oxygen atoms in total. The van der Waals surface area contributed by atoms with Crippen molar-refractivity contribution >= 4 is 11.9 Å². The predicted molar refractivity (Wildman–Crippen MR) is 69.3 cm³/mol. The average Bonchev–Trinajstić information content (AvgIpc) is 2.88. The molecule has 4 rings (SSSR count). The number of urea groups is 1. The van der Waals surface area contributed by atoms with Crippen molar-refractivity contribution in [2.24, 2.45) is 0 Å². The number of rotatable bonds is 0. The molecule has 0 radical (unpaired) electrons. The van der Waals surface area contributed by atoms with Crippen molar-refractivity contribution < 1.29 is 14.0 Å². The van der Waals surface area contributed by atoms with E-state index in [2.05, 4.69) is 10.6 Å². The minimum absolute atomic E-state index is 0.440. The Morgan fingerprint density at radius 2 is 1.70 bits per heavy atom. The molecule has 1 heterocycles. The van der Waals surface area contributed by atoms with Crippen molar-refractivity contribution in [3.63, 3.8) is 0 Å². The van der Waals surface area contributed by atoms with Crippen molar-refractivity contribution in [1.29, 1.82) is 0 Å². The Hall–Kier alpha value is -2.69. The Balaban J connectivity index is 2.12. The number of amides is 3. The summed E-state index contributed by atoms with van der Waals surface area (Å²) >= 11 is 0. The number of hydrogen-bond donors (Lipinski definition) is 2. The lowest BCUT2D eigenvalue weighted by Crippen LogP contribution is -2.43. The third-order valence-electron chi connectivity index (χ3n) is 3.88. The van der Waals surface area contributed by atoms with Crippen LogP contribution in [0.3, 0.4) is 0 Å². The first-order valence-electron chi connectivity index (χ1n) is 6.16. The highest BCUT2D eigenvalue weighted by molar-refractivity contribution is 6.13. The number of hydrogen-bond acceptors (Lipinski definition) is 2. The molecule has 1 saturated heterocycles. The minimum atomic E-state index is -1.31. The summed E-state index contributed by atoms with van der Waals surface area (Å²) in [5, 5.41) is 4.89. The van der Waals surface area contributed by atoms with Crippen molar-refractivity contribution in [1.82, 2.24) is 10.6 Å². The van der Waals surface area contributed by atoms with Gasteiger partial charge in [0, 0.05) is 5.56 Å². The van der Waals surface area contributed by atoms with Crippen molar-refractivity contribution in [3.05, 3.63) is 59.4 Å². The summed E-state index contributed by atoms with van der Waals surface area (Å²) in [7, 11) is 0. The van der Waals surface area contributed by atoms with Crippen molar-refractivity contribution in [2.45, 2.75) is 5.54 Å². The molecule has 20 heavy (non-hydrogen) atoms. The molecule has 98 valence electrons. The van der Waals surface area contributed by atoms with E-state index < -0.39 is 23.3 Å². The SMILES string of the molecule is O=C1NC(=O)[C@@]2(N1)c1ccccc1-c1ccc(F)cc12. The molecule has 1 atom stereocenters. The lowest BCUT2D eigenvalue weighted by Gasteiger charge is -2.22. The fraction of sp³-hybridized carbons (Fsp3) is 0.0667. The summed E-state index contributed by atoms with van der Waals surface area (Å²) in [6.45, 7) is 0. The molecular formula is C15H9FN2O2. The molecule has 2 aromatic carbocycles. The van der Waals surface area contributed by atoms with E-state index in [0.29, 0.717) is 11.1 Å². The summed E-state index contributed by atoms with van der Waals surface area (Å²) in [4.78, 5) is 23.9. The van der Waals surface area contributed by atoms with E-state index >= 15 is 0 Å². The van der Waals surface area contributed by atoms with Gasteiger partial charge < -0.3 is 5.32 Å². The Morgan fingerprint density at radius 1 is 0.950 bits per heavy atom. The molecule has 0 bridgehead atoms. The second-order valence-corrected chi connectivity index (χ2v) is 4.89. The molecule has 2 N–H and O–H groups in total. The van der Waals surface area contributed by atoms with Crippen LogP contribution in [-0.4, -0.2) is 11.9 Å². The second kappa shape index (κ2) is 3.45. The lowest BCUT2D eigenvalue weighted by atomic mass is 9.87. The number of nitrogens with one attached hydrogen (secondary N) is 2. The number of carbonyl (C=O) groups is 2. The Bertz CT molecular complexity index is 787. The number of carbonyl (C=O) groups excluding carboxylic acids is 2. The molecule has 0 unspecified atom stereocenters. The van der Waals surface area contributed by atoms with Crippen molar-refractivity contribution in [3.8, 4) is 11.1 Å². The zero-order valence-corrected chi connectivity index (χ0v) is 10.2. The van der Waals surface area contributed by atoms with Gasteiger partial charge in [0.2, 0.25) is 0 Å². The highest BCUT2D eigenvalue weighted by Crippen LogP contribution is 2.48. The van der Waals surface area contributed by atoms with Gasteiger partial charge in [-0.25, -0.2) is 9.18 Å². The van der Waals surface area contributed by atoms with Gasteiger partial charge in [-0.2, -0.15) is 0 Å². The fourth-order valence-electron chi connectivity index (χ4n) is 3.09. The molecule has 1 aliphatic heterocycles. The van der Waals surface area contributed by atoms with E-state index in [-0.39, 0.29) is 0 Å². The highest BCUT2D eigenvalue weighted by atomic mass is 19.1. The average molecular weight is 268 g/mol. The number of halogens is 1. The molecule has 0 aromatic heterocycles. The molecule has 1 spiro atoms. The largest absolute Gasteiger partial charge is 0.322 e. The van der Waals surface area contributed by atoms with Gasteiger partial charge in [0.15, 0.2) is 5.54 Å². The van der Waals surface area contributed by atoms with Gasteiger partial charge in [0.1, 0.15) is 5.82 Å². The van der Waals surface area contributed by atoms with Crippen LogP contribution < -0.4 is 10.6 Å². The van der Waals surface area contributed by atoms with Crippen LogP contribution in [0.1, 0.15) is 11.1 Å². The highest BCUT2D eigenvalue weighted by Gasteiger charge is 2.54. The molecule has 2 aromatic rings. The van der Waals surface area contributed by atoms with E-state index in [1.807, 2.05) is 12.1 Å². The smallest absolute Gasteiger partial charge is 0.316 e. The Labute approximate surface area is 113 Å². The standard InChI is InChI=1S/C15H9FN2O2/c16-8-5-6-10-9-3-1-2-4-11(9)15(12(10)7-8)13(19)17-14(20)18-15/h1-7H,(H2,17,18,19,20)/t15-/m1/s1. The van der Waals surface area contributed by atoms with Gasteiger partial charge in [-0.05, 0) is 28.8 Å². The summed E-state index contributed by atoms with van der Waals surface area (Å²) in [5.41, 5.74) is 1.43. The summed E-state index contributed by atoms with van der Waals surface area (Å²) in [6, 6.07) is 11.0. The summed E-state index contributed by atoms with van der Waals surface area (Å²) < 4.78 is 13.6. The van der Waals surface area contributed by atoms with Gasteiger partial charge in [-0.1, -0.05) is 30.3 Å². The molecule has 5 heteroatoms. The molecule has 3 amide bonds. The van der Waals surface area contributed by atoms with E-state index in [1.54, 1.807) is 18.2 Å². The van der Waals surface area contributed by atoms with Crippen LogP contribution in [0, 0.1) is 5.82 Å². The first-order chi connectivity index (χ1) is 9.63. The van der Waals surface area contributed by atoms with Crippen LogP contribution in [0.2, 0.25) is 0 Å². The normalized spacial score (nSPS) is 22.4. The van der Waals surface area contributed by atoms with Crippen molar-refractivity contribution in [2.75, 3.05) is 0 Å². The van der Waals surface area contributed by atoms with E-state index in [0.717, 1.165) is 11.1 Å². The van der Waals surface area contributed by atoms with Crippen LogP contribution in [0.25, 0.3) is 11.1 Å². The Morgan fingerprint density at radius 3 is 2.45 bits per heavy atom. The molecule has 2 aliphatic rings. The van der Waals surface area contributed by atoms with Crippen LogP contribution in [-0.2, 0) is 10.3 Å². The van der Waals surface area contributed by atoms with Gasteiger partial charge in [-0.15, -0.1) is 0 Å². The monoisotopic (exact) mass is 268 g/mol. The van der Waals surface area contributed by atoms with Crippen LogP contribution in [0.4, 0.5) is 9.18 Å². The third kappa shape index (κ3) is 1.15. The lowest BCUT2D eigenvalue weighted by molar-refractivity contribution is -0.122. The third-order valence-corrected chi connectivity index (χ3v) is 3.88. The molecule has 0 saturated carbocycles. The maximum absolute atomic E-state index is 13.6. The van der Waals surface area contributed by atoms with Gasteiger partial charge in [0.25, 0.3) is 5.91 Å². The Kier molecular flexibility index (Phi) is 1.92. The van der Waals surface area contributed by atoms with Gasteiger partial charge in [-0.3, -0.25) is 10.1 Å². The zero-order valence-electron chi connectivity index (χ0n) is 10.2. The molecular weight excluding hydrogens is 259 g/mol. The topological polar surface area (TPSA) is 58.2 Å². The summed E-state index contributed by atoms with van der Waals surface area (Å²) in [6.07, 6.45) is 0. The fourth-order valence-corrected chi connectivity index (χ4v) is 3.09. The van der Waals surface area contributed by atoms with Crippen LogP contribution in [0.15, 0.2) is 42.5 Å². The molecule has 1 fully saturated rings. The first kappa shape index (κ1) is 11.2. The second-order valence-electron chi connectivity index (χ2n) is 4.89. The van der Waals surface area contributed by atoms with E-state index in [4.69, 9.17) is 0 Å². The van der Waals surface area contributed by atoms with Crippen LogP contribution in [0.5, 0.6) is 0 Å². The van der Waals surface area contributed by atoms with E-state index in [1.165, 1.54) is 12.1 Å². The number of benzene rings is 2. The maximum Gasteiger partial charge on any atom is 0.322 e. The zero-order chi connectivity index (χ0) is 13.9. The van der Waals surface area contributed by atoms with Crippen LogP contribution >= 0.6 is 0 Å². The number of imide groups is 1. The maximum atomic E-state index is 13.6. The molecule has 1 aliphatic carbocycles. The quantitative estimate of drug-likeness (QED) is 0.717. The predicted octanol–water partition coefficient (Wildman–Crippen LogP) is 1.89. The van der Waals surface area contributed by atoms with Gasteiger partial charge in [0.05, 0.1) is 0 Å². The van der Waals surface area contributed by atoms with E-state index in [9.17, 15) is 14.0 Å². The van der Waals surface area contributed by atoms with Gasteiger partial charge >= 0.3 is 6.03 Å². The first-order valence-corrected chi connectivity index (χ1v) is 6.16.